The van der Waals surface area contributed by atoms with Crippen LogP contribution in [0.5, 0.6) is 0 Å². The SMILES string of the molecule is CC#CCC1OC(=O)C(O)=C1O. The molecule has 1 rings (SSSR count). The minimum atomic E-state index is -0.893. The van der Waals surface area contributed by atoms with Gasteiger partial charge in [-0.15, -0.1) is 5.92 Å². The number of aliphatic hydroxyl groups is 2. The highest BCUT2D eigenvalue weighted by molar-refractivity contribution is 5.89. The summed E-state index contributed by atoms with van der Waals surface area (Å²) in [6, 6.07) is 0. The molecule has 1 unspecified atom stereocenters. The van der Waals surface area contributed by atoms with Gasteiger partial charge in [0.1, 0.15) is 0 Å². The van der Waals surface area contributed by atoms with Gasteiger partial charge in [-0.1, -0.05) is 5.92 Å². The minimum Gasteiger partial charge on any atom is -0.505 e. The van der Waals surface area contributed by atoms with Gasteiger partial charge in [-0.25, -0.2) is 4.79 Å². The van der Waals surface area contributed by atoms with Crippen molar-refractivity contribution >= 4 is 5.97 Å². The van der Waals surface area contributed by atoms with Crippen LogP contribution in [0, 0.1) is 11.8 Å². The van der Waals surface area contributed by atoms with Crippen LogP contribution in [0.15, 0.2) is 11.5 Å². The van der Waals surface area contributed by atoms with Crippen molar-refractivity contribution in [2.75, 3.05) is 0 Å². The number of ether oxygens (including phenoxy) is 1. The normalized spacial score (nSPS) is 21.8. The van der Waals surface area contributed by atoms with E-state index in [4.69, 9.17) is 10.2 Å². The lowest BCUT2D eigenvalue weighted by molar-refractivity contribution is -0.142. The number of aliphatic hydroxyl groups excluding tert-OH is 2. The van der Waals surface area contributed by atoms with Gasteiger partial charge >= 0.3 is 5.97 Å². The van der Waals surface area contributed by atoms with E-state index in [9.17, 15) is 4.79 Å². The lowest BCUT2D eigenvalue weighted by Crippen LogP contribution is -2.10. The maximum absolute atomic E-state index is 10.6. The second-order valence-electron chi connectivity index (χ2n) is 2.26. The largest absolute Gasteiger partial charge is 0.505 e. The van der Waals surface area contributed by atoms with Crippen LogP contribution in [0.2, 0.25) is 0 Å². The van der Waals surface area contributed by atoms with Crippen molar-refractivity contribution in [3.05, 3.63) is 11.5 Å². The standard InChI is InChI=1S/C8H8O4/c1-2-3-4-5-6(9)7(10)8(11)12-5/h5,9-10H,4H2,1H3. The molecule has 2 N–H and O–H groups in total. The van der Waals surface area contributed by atoms with Gasteiger partial charge in [-0.3, -0.25) is 0 Å². The lowest BCUT2D eigenvalue weighted by Gasteiger charge is -2.03. The van der Waals surface area contributed by atoms with E-state index < -0.39 is 23.6 Å². The molecule has 1 aliphatic heterocycles. The monoisotopic (exact) mass is 168 g/mol. The predicted molar refractivity (Wildman–Crippen MR) is 40.2 cm³/mol. The maximum Gasteiger partial charge on any atom is 0.377 e. The first-order chi connectivity index (χ1) is 5.66. The highest BCUT2D eigenvalue weighted by atomic mass is 16.6. The number of hydrogen-bond acceptors (Lipinski definition) is 4. The molecule has 1 heterocycles. The summed E-state index contributed by atoms with van der Waals surface area (Å²) in [5.41, 5.74) is 0. The van der Waals surface area contributed by atoms with Crippen molar-refractivity contribution in [1.82, 2.24) is 0 Å². The van der Waals surface area contributed by atoms with Crippen molar-refractivity contribution in [1.29, 1.82) is 0 Å². The van der Waals surface area contributed by atoms with Gasteiger partial charge in [0, 0.05) is 0 Å². The second-order valence-corrected chi connectivity index (χ2v) is 2.26. The van der Waals surface area contributed by atoms with Gasteiger partial charge in [0.25, 0.3) is 0 Å². The van der Waals surface area contributed by atoms with E-state index in [0.29, 0.717) is 0 Å². The summed E-state index contributed by atoms with van der Waals surface area (Å²) in [5, 5.41) is 17.9. The zero-order chi connectivity index (χ0) is 9.14. The quantitative estimate of drug-likeness (QED) is 0.445. The summed E-state index contributed by atoms with van der Waals surface area (Å²) in [7, 11) is 0. The summed E-state index contributed by atoms with van der Waals surface area (Å²) < 4.78 is 4.57. The topological polar surface area (TPSA) is 66.8 Å². The Balaban J connectivity index is 2.71. The fourth-order valence-corrected chi connectivity index (χ4v) is 0.831. The lowest BCUT2D eigenvalue weighted by atomic mass is 10.2. The average molecular weight is 168 g/mol. The third kappa shape index (κ3) is 1.35. The molecule has 0 radical (unpaired) electrons. The third-order valence-corrected chi connectivity index (χ3v) is 1.45. The number of carbonyl (C=O) groups is 1. The molecule has 0 aromatic carbocycles. The van der Waals surface area contributed by atoms with Crippen LogP contribution in [0.1, 0.15) is 13.3 Å². The predicted octanol–water partition coefficient (Wildman–Crippen LogP) is 0.653. The highest BCUT2D eigenvalue weighted by Gasteiger charge is 2.33. The molecular formula is C8H8O4. The number of hydrogen-bond donors (Lipinski definition) is 2. The second kappa shape index (κ2) is 3.18. The number of carbonyl (C=O) groups excluding carboxylic acids is 1. The van der Waals surface area contributed by atoms with Crippen molar-refractivity contribution in [2.45, 2.75) is 19.4 Å². The first-order valence-corrected chi connectivity index (χ1v) is 3.39. The molecule has 0 saturated carbocycles. The summed E-state index contributed by atoms with van der Waals surface area (Å²) >= 11 is 0. The summed E-state index contributed by atoms with van der Waals surface area (Å²) in [6.07, 6.45) is -0.594. The molecule has 0 saturated heterocycles. The van der Waals surface area contributed by atoms with Gasteiger partial charge in [0.05, 0.1) is 6.42 Å². The summed E-state index contributed by atoms with van der Waals surface area (Å²) in [5.74, 6) is 3.19. The Bertz CT molecular complexity index is 292. The number of cyclic esters (lactones) is 1. The molecule has 1 atom stereocenters. The smallest absolute Gasteiger partial charge is 0.377 e. The van der Waals surface area contributed by atoms with Crippen molar-refractivity contribution < 1.29 is 19.7 Å². The van der Waals surface area contributed by atoms with Gasteiger partial charge in [-0.05, 0) is 6.92 Å². The molecule has 4 nitrogen and oxygen atoms in total. The molecule has 0 aromatic rings. The van der Waals surface area contributed by atoms with E-state index >= 15 is 0 Å². The Hall–Kier alpha value is -1.63. The van der Waals surface area contributed by atoms with Crippen molar-refractivity contribution in [2.24, 2.45) is 0 Å². The van der Waals surface area contributed by atoms with E-state index in [1.807, 2.05) is 0 Å². The zero-order valence-corrected chi connectivity index (χ0v) is 6.50. The number of esters is 1. The molecule has 0 aromatic heterocycles. The molecule has 0 fully saturated rings. The first-order valence-electron chi connectivity index (χ1n) is 3.39. The molecule has 12 heavy (non-hydrogen) atoms. The molecular weight excluding hydrogens is 160 g/mol. The Labute approximate surface area is 69.5 Å². The Morgan fingerprint density at radius 3 is 2.67 bits per heavy atom. The fraction of sp³-hybridized carbons (Fsp3) is 0.375. The number of rotatable bonds is 1. The fourth-order valence-electron chi connectivity index (χ4n) is 0.831. The third-order valence-electron chi connectivity index (χ3n) is 1.45. The van der Waals surface area contributed by atoms with E-state index in [-0.39, 0.29) is 6.42 Å². The van der Waals surface area contributed by atoms with Crippen LogP contribution < -0.4 is 0 Å². The molecule has 4 heteroatoms. The molecule has 0 bridgehead atoms. The highest BCUT2D eigenvalue weighted by Crippen LogP contribution is 2.20. The zero-order valence-electron chi connectivity index (χ0n) is 6.50. The van der Waals surface area contributed by atoms with Crippen LogP contribution in [-0.4, -0.2) is 22.3 Å². The van der Waals surface area contributed by atoms with Gasteiger partial charge in [0.15, 0.2) is 11.9 Å². The van der Waals surface area contributed by atoms with Gasteiger partial charge in [-0.2, -0.15) is 0 Å². The van der Waals surface area contributed by atoms with Crippen LogP contribution in [0.4, 0.5) is 0 Å². The van der Waals surface area contributed by atoms with Crippen LogP contribution >= 0.6 is 0 Å². The Morgan fingerprint density at radius 2 is 2.25 bits per heavy atom. The summed E-state index contributed by atoms with van der Waals surface area (Å²) in [6.45, 7) is 1.64. The van der Waals surface area contributed by atoms with Gasteiger partial charge in [0.2, 0.25) is 5.76 Å². The van der Waals surface area contributed by atoms with Crippen LogP contribution in [0.25, 0.3) is 0 Å². The Kier molecular flexibility index (Phi) is 2.24. The first kappa shape index (κ1) is 8.47. The van der Waals surface area contributed by atoms with E-state index in [0.717, 1.165) is 0 Å². The molecule has 0 amide bonds. The molecule has 64 valence electrons. The van der Waals surface area contributed by atoms with Crippen LogP contribution in [0.3, 0.4) is 0 Å². The molecule has 0 aliphatic carbocycles. The Morgan fingerprint density at radius 1 is 1.58 bits per heavy atom. The van der Waals surface area contributed by atoms with E-state index in [1.54, 1.807) is 6.92 Å². The average Bonchev–Trinajstić information content (AvgIpc) is 2.30. The molecule has 1 aliphatic rings. The maximum atomic E-state index is 10.6. The van der Waals surface area contributed by atoms with Gasteiger partial charge < -0.3 is 14.9 Å². The van der Waals surface area contributed by atoms with Crippen LogP contribution in [-0.2, 0) is 9.53 Å². The molecule has 0 spiro atoms. The minimum absolute atomic E-state index is 0.206. The van der Waals surface area contributed by atoms with Crippen molar-refractivity contribution in [3.8, 4) is 11.8 Å². The van der Waals surface area contributed by atoms with Crippen molar-refractivity contribution in [3.63, 3.8) is 0 Å². The summed E-state index contributed by atoms with van der Waals surface area (Å²) in [4.78, 5) is 10.6. The van der Waals surface area contributed by atoms with E-state index in [2.05, 4.69) is 16.6 Å². The van der Waals surface area contributed by atoms with E-state index in [1.165, 1.54) is 0 Å².